The fourth-order valence-electron chi connectivity index (χ4n) is 2.31. The molecular formula is C14H18N2O2S. The summed E-state index contributed by atoms with van der Waals surface area (Å²) in [4.78, 5) is 3.28. The largest absolute Gasteiger partial charge is 0.367 e. The summed E-state index contributed by atoms with van der Waals surface area (Å²) in [5.41, 5.74) is 3.53. The highest BCUT2D eigenvalue weighted by Crippen LogP contribution is 2.21. The molecule has 2 aromatic rings. The van der Waals surface area contributed by atoms with Crippen LogP contribution in [0.4, 0.5) is 0 Å². The van der Waals surface area contributed by atoms with E-state index in [0.717, 1.165) is 22.3 Å². The van der Waals surface area contributed by atoms with E-state index >= 15 is 0 Å². The van der Waals surface area contributed by atoms with Crippen LogP contribution in [0.1, 0.15) is 22.3 Å². The summed E-state index contributed by atoms with van der Waals surface area (Å²) in [6.07, 6.45) is 3.55. The molecule has 0 bridgehead atoms. The topological polar surface area (TPSA) is 62.0 Å². The van der Waals surface area contributed by atoms with Gasteiger partial charge in [-0.3, -0.25) is 0 Å². The van der Waals surface area contributed by atoms with Gasteiger partial charge in [-0.1, -0.05) is 17.7 Å². The molecule has 19 heavy (non-hydrogen) atoms. The quantitative estimate of drug-likeness (QED) is 0.902. The van der Waals surface area contributed by atoms with Crippen LogP contribution >= 0.6 is 0 Å². The molecule has 0 aliphatic heterocycles. The lowest BCUT2D eigenvalue weighted by Gasteiger charge is -2.12. The Morgan fingerprint density at radius 3 is 2.32 bits per heavy atom. The van der Waals surface area contributed by atoms with Gasteiger partial charge in [0, 0.05) is 18.9 Å². The van der Waals surface area contributed by atoms with E-state index in [1.807, 2.05) is 39.0 Å². The number of rotatable bonds is 4. The monoisotopic (exact) mass is 278 g/mol. The molecule has 0 saturated carbocycles. The van der Waals surface area contributed by atoms with Crippen molar-refractivity contribution in [3.63, 3.8) is 0 Å². The van der Waals surface area contributed by atoms with Gasteiger partial charge in [0.1, 0.15) is 0 Å². The Morgan fingerprint density at radius 2 is 1.79 bits per heavy atom. The molecule has 0 aliphatic rings. The van der Waals surface area contributed by atoms with E-state index in [0.29, 0.717) is 11.4 Å². The van der Waals surface area contributed by atoms with E-state index in [4.69, 9.17) is 0 Å². The number of sulfonamides is 1. The Hall–Kier alpha value is -1.59. The number of aryl methyl sites for hydroxylation is 3. The van der Waals surface area contributed by atoms with Crippen LogP contribution < -0.4 is 4.72 Å². The van der Waals surface area contributed by atoms with E-state index < -0.39 is 10.0 Å². The van der Waals surface area contributed by atoms with Crippen molar-refractivity contribution in [1.82, 2.24) is 9.71 Å². The molecular weight excluding hydrogens is 260 g/mol. The maximum atomic E-state index is 12.4. The van der Waals surface area contributed by atoms with Gasteiger partial charge >= 0.3 is 0 Å². The maximum Gasteiger partial charge on any atom is 0.241 e. The van der Waals surface area contributed by atoms with Crippen molar-refractivity contribution < 1.29 is 8.42 Å². The predicted octanol–water partition coefficient (Wildman–Crippen LogP) is 2.42. The fraction of sp³-hybridized carbons (Fsp3) is 0.286. The summed E-state index contributed by atoms with van der Waals surface area (Å²) in [5.74, 6) is 0. The molecule has 1 aromatic heterocycles. The van der Waals surface area contributed by atoms with E-state index in [9.17, 15) is 8.42 Å². The summed E-state index contributed by atoms with van der Waals surface area (Å²) in [7, 11) is -3.48. The number of H-pyrrole nitrogens is 1. The average molecular weight is 278 g/mol. The van der Waals surface area contributed by atoms with Crippen molar-refractivity contribution in [2.45, 2.75) is 32.2 Å². The Balaban J connectivity index is 2.29. The van der Waals surface area contributed by atoms with Gasteiger partial charge in [-0.2, -0.15) is 0 Å². The Kier molecular flexibility index (Phi) is 3.78. The Morgan fingerprint density at radius 1 is 1.16 bits per heavy atom. The normalized spacial score (nSPS) is 11.7. The zero-order valence-corrected chi connectivity index (χ0v) is 12.1. The van der Waals surface area contributed by atoms with Gasteiger partial charge in [0.25, 0.3) is 0 Å². The van der Waals surface area contributed by atoms with Crippen molar-refractivity contribution in [1.29, 1.82) is 0 Å². The molecule has 102 valence electrons. The molecule has 2 N–H and O–H groups in total. The summed E-state index contributed by atoms with van der Waals surface area (Å²) in [5, 5.41) is 0. The highest BCUT2D eigenvalue weighted by molar-refractivity contribution is 7.89. The summed E-state index contributed by atoms with van der Waals surface area (Å²) in [6, 6.07) is 5.62. The van der Waals surface area contributed by atoms with Crippen LogP contribution in [0.3, 0.4) is 0 Å². The van der Waals surface area contributed by atoms with Crippen LogP contribution in [0.2, 0.25) is 0 Å². The molecule has 0 aliphatic carbocycles. The number of benzene rings is 1. The predicted molar refractivity (Wildman–Crippen MR) is 75.5 cm³/mol. The molecule has 1 aromatic carbocycles. The molecule has 0 amide bonds. The zero-order chi connectivity index (χ0) is 14.0. The summed E-state index contributed by atoms with van der Waals surface area (Å²) in [6.45, 7) is 5.90. The second kappa shape index (κ2) is 5.19. The van der Waals surface area contributed by atoms with Crippen LogP contribution in [0.15, 0.2) is 35.5 Å². The number of hydrogen-bond donors (Lipinski definition) is 2. The van der Waals surface area contributed by atoms with Gasteiger partial charge in [0.2, 0.25) is 10.0 Å². The summed E-state index contributed by atoms with van der Waals surface area (Å²) >= 11 is 0. The molecule has 4 nitrogen and oxygen atoms in total. The van der Waals surface area contributed by atoms with Crippen molar-refractivity contribution in [3.8, 4) is 0 Å². The molecule has 1 heterocycles. The number of nitrogens with one attached hydrogen (secondary N) is 2. The fourth-order valence-corrected chi connectivity index (χ4v) is 3.78. The van der Waals surface area contributed by atoms with Crippen LogP contribution in [-0.2, 0) is 16.6 Å². The average Bonchev–Trinajstić information content (AvgIpc) is 2.77. The van der Waals surface area contributed by atoms with Crippen LogP contribution in [0.5, 0.6) is 0 Å². The lowest BCUT2D eigenvalue weighted by molar-refractivity contribution is 0.580. The summed E-state index contributed by atoms with van der Waals surface area (Å²) < 4.78 is 27.3. The SMILES string of the molecule is Cc1cc(C)c(S(=O)(=O)NCc2cc[nH]c2)c(C)c1. The second-order valence-corrected chi connectivity index (χ2v) is 6.48. The van der Waals surface area contributed by atoms with Gasteiger partial charge in [-0.25, -0.2) is 13.1 Å². The standard InChI is InChI=1S/C14H18N2O2S/c1-10-6-11(2)14(12(3)7-10)19(17,18)16-9-13-4-5-15-8-13/h4-8,15-16H,9H2,1-3H3. The van der Waals surface area contributed by atoms with Gasteiger partial charge in [-0.15, -0.1) is 0 Å². The third-order valence-electron chi connectivity index (χ3n) is 3.00. The molecule has 5 heteroatoms. The van der Waals surface area contributed by atoms with Crippen molar-refractivity contribution in [2.24, 2.45) is 0 Å². The molecule has 0 unspecified atom stereocenters. The minimum Gasteiger partial charge on any atom is -0.367 e. The first-order valence-electron chi connectivity index (χ1n) is 6.09. The Labute approximate surface area is 113 Å². The molecule has 0 atom stereocenters. The molecule has 0 fully saturated rings. The molecule has 0 radical (unpaired) electrons. The Bertz CT molecular complexity index is 650. The number of hydrogen-bond acceptors (Lipinski definition) is 2. The lowest BCUT2D eigenvalue weighted by atomic mass is 10.1. The van der Waals surface area contributed by atoms with Crippen molar-refractivity contribution >= 4 is 10.0 Å². The first-order valence-corrected chi connectivity index (χ1v) is 7.57. The maximum absolute atomic E-state index is 12.4. The molecule has 2 rings (SSSR count). The van der Waals surface area contributed by atoms with E-state index in [1.165, 1.54) is 0 Å². The van der Waals surface area contributed by atoms with Gasteiger partial charge < -0.3 is 4.98 Å². The van der Waals surface area contributed by atoms with Crippen molar-refractivity contribution in [3.05, 3.63) is 52.8 Å². The van der Waals surface area contributed by atoms with Crippen LogP contribution in [-0.4, -0.2) is 13.4 Å². The minimum atomic E-state index is -3.48. The van der Waals surface area contributed by atoms with Crippen LogP contribution in [0, 0.1) is 20.8 Å². The van der Waals surface area contributed by atoms with Gasteiger partial charge in [-0.05, 0) is 43.5 Å². The van der Waals surface area contributed by atoms with Gasteiger partial charge in [0.05, 0.1) is 4.90 Å². The number of aromatic amines is 1. The zero-order valence-electron chi connectivity index (χ0n) is 11.3. The highest BCUT2D eigenvalue weighted by Gasteiger charge is 2.19. The first-order chi connectivity index (χ1) is 8.90. The van der Waals surface area contributed by atoms with Crippen molar-refractivity contribution in [2.75, 3.05) is 0 Å². The van der Waals surface area contributed by atoms with E-state index in [1.54, 1.807) is 12.4 Å². The second-order valence-electron chi connectivity index (χ2n) is 4.77. The smallest absolute Gasteiger partial charge is 0.241 e. The molecule has 0 saturated heterocycles. The number of aromatic nitrogens is 1. The third-order valence-corrected chi connectivity index (χ3v) is 4.71. The minimum absolute atomic E-state index is 0.290. The van der Waals surface area contributed by atoms with E-state index in [2.05, 4.69) is 9.71 Å². The highest BCUT2D eigenvalue weighted by atomic mass is 32.2. The first kappa shape index (κ1) is 13.8. The molecule has 0 spiro atoms. The van der Waals surface area contributed by atoms with E-state index in [-0.39, 0.29) is 0 Å². The van der Waals surface area contributed by atoms with Gasteiger partial charge in [0.15, 0.2) is 0 Å². The lowest BCUT2D eigenvalue weighted by Crippen LogP contribution is -2.24. The third kappa shape index (κ3) is 3.05. The van der Waals surface area contributed by atoms with Crippen LogP contribution in [0.25, 0.3) is 0 Å².